The quantitative estimate of drug-likeness (QED) is 0.287. The van der Waals surface area contributed by atoms with Crippen LogP contribution in [0.1, 0.15) is 49.7 Å². The molecule has 7 rings (SSSR count). The van der Waals surface area contributed by atoms with Gasteiger partial charge in [-0.15, -0.1) is 0 Å². The van der Waals surface area contributed by atoms with E-state index in [0.29, 0.717) is 28.9 Å². The van der Waals surface area contributed by atoms with E-state index >= 15 is 0 Å². The van der Waals surface area contributed by atoms with Gasteiger partial charge in [0, 0.05) is 53.9 Å². The number of nitrogens with zero attached hydrogens (tertiary/aromatic N) is 2. The van der Waals surface area contributed by atoms with Crippen molar-refractivity contribution in [2.45, 2.75) is 51.1 Å². The minimum atomic E-state index is -0.575. The first kappa shape index (κ1) is 29.6. The summed E-state index contributed by atoms with van der Waals surface area (Å²) < 4.78 is 5.90. The molecule has 2 amide bonds. The first-order valence-corrected chi connectivity index (χ1v) is 16.0. The number of imide groups is 1. The van der Waals surface area contributed by atoms with Crippen LogP contribution in [0.15, 0.2) is 89.0 Å². The number of aliphatic hydroxyl groups excluding tert-OH is 1. The van der Waals surface area contributed by atoms with E-state index < -0.39 is 17.8 Å². The number of hydrogen-bond acceptors (Lipinski definition) is 7. The smallest absolute Gasteiger partial charge is 0.233 e. The molecule has 232 valence electrons. The third-order valence-electron chi connectivity index (χ3n) is 10.3. The number of allylic oxidation sites excluding steroid dienone is 6. The first-order chi connectivity index (χ1) is 21.9. The van der Waals surface area contributed by atoms with Gasteiger partial charge in [-0.3, -0.25) is 29.0 Å². The number of Topliss-reactive ketones (excluding diaryl/α,β-unsaturated/α-hetero) is 1. The van der Waals surface area contributed by atoms with Crippen molar-refractivity contribution in [1.29, 1.82) is 0 Å². The van der Waals surface area contributed by atoms with Crippen molar-refractivity contribution >= 4 is 23.4 Å². The molecule has 1 N–H and O–H groups in total. The van der Waals surface area contributed by atoms with E-state index in [1.807, 2.05) is 42.5 Å². The van der Waals surface area contributed by atoms with Crippen LogP contribution < -0.4 is 4.74 Å². The fourth-order valence-electron chi connectivity index (χ4n) is 8.31. The number of amides is 2. The Morgan fingerprint density at radius 3 is 2.40 bits per heavy atom. The molecule has 0 radical (unpaired) electrons. The lowest BCUT2D eigenvalue weighted by molar-refractivity contribution is -0.144. The maximum absolute atomic E-state index is 14.3. The Hall–Kier alpha value is -4.14. The molecule has 3 aliphatic carbocycles. The number of fused-ring (bicyclic) bond motifs is 3. The number of piperidine rings is 1. The van der Waals surface area contributed by atoms with Crippen LogP contribution in [0, 0.1) is 17.8 Å². The zero-order valence-corrected chi connectivity index (χ0v) is 25.5. The van der Waals surface area contributed by atoms with Gasteiger partial charge in [-0.2, -0.15) is 0 Å². The van der Waals surface area contributed by atoms with Crippen molar-refractivity contribution in [3.63, 3.8) is 0 Å². The minimum absolute atomic E-state index is 0.0841. The number of rotatable bonds is 7. The number of ketones is 2. The SMILES string of the molecule is CC1=CC(=O)C2=C(CC3C(=CCC4C(=O)N(C5CCN(Cc6ccccc6)CC5)C(=O)C43)C2c2ccccc2OCCO)C1=O. The van der Waals surface area contributed by atoms with Crippen molar-refractivity contribution in [3.8, 4) is 5.75 Å². The van der Waals surface area contributed by atoms with Gasteiger partial charge >= 0.3 is 0 Å². The molecular formula is C37H38N2O6. The lowest BCUT2D eigenvalue weighted by Crippen LogP contribution is -2.47. The van der Waals surface area contributed by atoms with Gasteiger partial charge in [-0.05, 0) is 56.2 Å². The third kappa shape index (κ3) is 5.10. The van der Waals surface area contributed by atoms with E-state index in [9.17, 15) is 24.3 Å². The second kappa shape index (κ2) is 12.0. The molecule has 8 nitrogen and oxygen atoms in total. The minimum Gasteiger partial charge on any atom is -0.491 e. The van der Waals surface area contributed by atoms with Crippen LogP contribution in [0.2, 0.25) is 0 Å². The zero-order valence-electron chi connectivity index (χ0n) is 25.5. The fraction of sp³-hybridized carbons (Fsp3) is 0.405. The monoisotopic (exact) mass is 606 g/mol. The highest BCUT2D eigenvalue weighted by Gasteiger charge is 2.57. The van der Waals surface area contributed by atoms with Gasteiger partial charge in [0.1, 0.15) is 12.4 Å². The normalized spacial score (nSPS) is 27.2. The molecule has 2 fully saturated rings. The van der Waals surface area contributed by atoms with Gasteiger partial charge in [0.05, 0.1) is 18.4 Å². The van der Waals surface area contributed by atoms with Crippen molar-refractivity contribution in [2.75, 3.05) is 26.3 Å². The molecule has 4 unspecified atom stereocenters. The Kier molecular flexibility index (Phi) is 7.88. The first-order valence-electron chi connectivity index (χ1n) is 16.0. The standard InChI is InChI=1S/C37H38N2O6/c1-22-19-30(41)34-29(35(22)42)20-28-25(32(34)26-9-5-6-10-31(26)45-18-17-40)11-12-27-33(28)37(44)39(36(27)43)24-13-15-38(16-14-24)21-23-7-3-2-4-8-23/h2-11,19,24,27-28,32-33,40H,12-18,20-21H2,1H3. The molecule has 2 saturated heterocycles. The Bertz CT molecular complexity index is 1650. The average Bonchev–Trinajstić information content (AvgIpc) is 3.32. The van der Waals surface area contributed by atoms with Crippen LogP contribution in [0.5, 0.6) is 5.75 Å². The number of carbonyl (C=O) groups excluding carboxylic acids is 4. The molecule has 2 aliphatic heterocycles. The predicted molar refractivity (Wildman–Crippen MR) is 167 cm³/mol. The number of ether oxygens (including phenoxy) is 1. The molecule has 0 bridgehead atoms. The highest BCUT2D eigenvalue weighted by molar-refractivity contribution is 6.23. The van der Waals surface area contributed by atoms with Crippen molar-refractivity contribution in [2.24, 2.45) is 17.8 Å². The third-order valence-corrected chi connectivity index (χ3v) is 10.3. The molecule has 8 heteroatoms. The summed E-state index contributed by atoms with van der Waals surface area (Å²) in [4.78, 5) is 59.4. The van der Waals surface area contributed by atoms with Crippen LogP contribution in [0.25, 0.3) is 0 Å². The maximum Gasteiger partial charge on any atom is 0.233 e. The van der Waals surface area contributed by atoms with E-state index in [4.69, 9.17) is 4.74 Å². The van der Waals surface area contributed by atoms with Crippen LogP contribution in [-0.2, 0) is 25.7 Å². The van der Waals surface area contributed by atoms with E-state index in [-0.39, 0.29) is 55.0 Å². The van der Waals surface area contributed by atoms with Gasteiger partial charge in [-0.1, -0.05) is 60.2 Å². The Morgan fingerprint density at radius 2 is 1.64 bits per heavy atom. The summed E-state index contributed by atoms with van der Waals surface area (Å²) >= 11 is 0. The van der Waals surface area contributed by atoms with E-state index in [2.05, 4.69) is 17.0 Å². The molecule has 45 heavy (non-hydrogen) atoms. The molecule has 4 atom stereocenters. The van der Waals surface area contributed by atoms with Gasteiger partial charge in [0.25, 0.3) is 0 Å². The van der Waals surface area contributed by atoms with Crippen molar-refractivity contribution in [1.82, 2.24) is 9.80 Å². The molecule has 5 aliphatic rings. The summed E-state index contributed by atoms with van der Waals surface area (Å²) in [5.41, 5.74) is 4.15. The molecule has 0 saturated carbocycles. The Balaban J connectivity index is 1.19. The molecule has 0 aromatic heterocycles. The summed E-state index contributed by atoms with van der Waals surface area (Å²) in [5.74, 6) is -2.10. The van der Waals surface area contributed by atoms with E-state index in [0.717, 1.165) is 43.6 Å². The van der Waals surface area contributed by atoms with Crippen LogP contribution in [0.3, 0.4) is 0 Å². The summed E-state index contributed by atoms with van der Waals surface area (Å²) in [6.45, 7) is 4.04. The van der Waals surface area contributed by atoms with Gasteiger partial charge in [-0.25, -0.2) is 0 Å². The van der Waals surface area contributed by atoms with Crippen molar-refractivity contribution < 1.29 is 29.0 Å². The summed E-state index contributed by atoms with van der Waals surface area (Å²) in [6.07, 6.45) is 5.60. The second-order valence-electron chi connectivity index (χ2n) is 12.9. The predicted octanol–water partition coefficient (Wildman–Crippen LogP) is 4.15. The van der Waals surface area contributed by atoms with Gasteiger partial charge in [0.15, 0.2) is 11.6 Å². The summed E-state index contributed by atoms with van der Waals surface area (Å²) in [7, 11) is 0. The fourth-order valence-corrected chi connectivity index (χ4v) is 8.31. The highest BCUT2D eigenvalue weighted by Crippen LogP contribution is 2.56. The molecule has 0 spiro atoms. The van der Waals surface area contributed by atoms with Crippen LogP contribution in [-0.4, -0.2) is 70.6 Å². The lowest BCUT2D eigenvalue weighted by atomic mass is 9.59. The number of hydrogen-bond donors (Lipinski definition) is 1. The second-order valence-corrected chi connectivity index (χ2v) is 12.9. The number of aliphatic hydroxyl groups is 1. The van der Waals surface area contributed by atoms with Crippen molar-refractivity contribution in [3.05, 3.63) is 100 Å². The topological polar surface area (TPSA) is 104 Å². The van der Waals surface area contributed by atoms with Gasteiger partial charge in [0.2, 0.25) is 11.8 Å². The number of carbonyl (C=O) groups is 4. The maximum atomic E-state index is 14.3. The molecule has 2 heterocycles. The van der Waals surface area contributed by atoms with Gasteiger partial charge < -0.3 is 9.84 Å². The highest BCUT2D eigenvalue weighted by atomic mass is 16.5. The molecular weight excluding hydrogens is 568 g/mol. The number of para-hydroxylation sites is 1. The van der Waals surface area contributed by atoms with Crippen LogP contribution >= 0.6 is 0 Å². The van der Waals surface area contributed by atoms with E-state index in [1.54, 1.807) is 17.9 Å². The largest absolute Gasteiger partial charge is 0.491 e. The Morgan fingerprint density at radius 1 is 0.911 bits per heavy atom. The van der Waals surface area contributed by atoms with E-state index in [1.165, 1.54) is 11.6 Å². The zero-order chi connectivity index (χ0) is 31.2. The average molecular weight is 607 g/mol. The number of likely N-dealkylation sites (tertiary alicyclic amines) is 2. The molecule has 2 aromatic carbocycles. The van der Waals surface area contributed by atoms with Crippen LogP contribution in [0.4, 0.5) is 0 Å². The summed E-state index contributed by atoms with van der Waals surface area (Å²) in [5, 5.41) is 9.45. The Labute approximate surface area is 263 Å². The lowest BCUT2D eigenvalue weighted by Gasteiger charge is -2.42. The molecule has 2 aromatic rings. The number of benzene rings is 2. The summed E-state index contributed by atoms with van der Waals surface area (Å²) in [6, 6.07) is 17.6.